The van der Waals surface area contributed by atoms with Gasteiger partial charge in [0.1, 0.15) is 11.6 Å². The molecule has 0 aliphatic rings. The summed E-state index contributed by atoms with van der Waals surface area (Å²) in [7, 11) is 0. The van der Waals surface area contributed by atoms with Crippen LogP contribution in [0.1, 0.15) is 32.4 Å². The number of halogens is 2. The molecule has 25 heavy (non-hydrogen) atoms. The molecule has 1 aromatic carbocycles. The molecule has 0 spiro atoms. The first-order valence-electron chi connectivity index (χ1n) is 7.54. The van der Waals surface area contributed by atoms with Gasteiger partial charge in [0, 0.05) is 10.0 Å². The van der Waals surface area contributed by atoms with Gasteiger partial charge in [0.05, 0.1) is 19.3 Å². The van der Waals surface area contributed by atoms with Crippen LogP contribution < -0.4 is 10.6 Å². The van der Waals surface area contributed by atoms with Crippen molar-refractivity contribution in [3.8, 4) is 0 Å². The van der Waals surface area contributed by atoms with Crippen molar-refractivity contribution in [2.75, 3.05) is 13.2 Å². The predicted molar refractivity (Wildman–Crippen MR) is 94.7 cm³/mol. The number of hydrogen-bond donors (Lipinski definition) is 4. The highest BCUT2D eigenvalue weighted by molar-refractivity contribution is 6.35. The summed E-state index contributed by atoms with van der Waals surface area (Å²) in [5.41, 5.74) is -0.290. The van der Waals surface area contributed by atoms with Crippen molar-refractivity contribution in [2.24, 2.45) is 0 Å². The van der Waals surface area contributed by atoms with E-state index in [1.54, 1.807) is 32.9 Å². The number of rotatable bonds is 6. The molecule has 140 valence electrons. The zero-order chi connectivity index (χ0) is 19.2. The Kier molecular flexibility index (Phi) is 7.95. The normalized spacial score (nSPS) is 13.7. The minimum atomic E-state index is -1.24. The van der Waals surface area contributed by atoms with E-state index in [9.17, 15) is 19.8 Å². The number of nitrogens with one attached hydrogen (secondary N) is 2. The van der Waals surface area contributed by atoms with Crippen LogP contribution in [0.2, 0.25) is 10.0 Å². The number of alkyl carbamates (subject to hydrolysis) is 1. The average molecular weight is 393 g/mol. The summed E-state index contributed by atoms with van der Waals surface area (Å²) in [4.78, 5) is 24.0. The van der Waals surface area contributed by atoms with E-state index >= 15 is 0 Å². The molecule has 0 aromatic heterocycles. The van der Waals surface area contributed by atoms with E-state index in [0.29, 0.717) is 10.6 Å². The standard InChI is InChI=1S/C16H22Cl2N2O5/c1-16(2,3)25-15(24)20-13(8-22)14(23)19-12(7-21)10-5-4-9(17)6-11(10)18/h4-6,12-13,21-22H,7-8H2,1-3H3,(H,19,23)(H,20,24). The van der Waals surface area contributed by atoms with E-state index < -0.39 is 42.9 Å². The van der Waals surface area contributed by atoms with Crippen molar-refractivity contribution in [3.05, 3.63) is 33.8 Å². The lowest BCUT2D eigenvalue weighted by atomic mass is 10.1. The van der Waals surface area contributed by atoms with Gasteiger partial charge in [-0.3, -0.25) is 4.79 Å². The second kappa shape index (κ2) is 9.24. The zero-order valence-electron chi connectivity index (χ0n) is 14.2. The van der Waals surface area contributed by atoms with Gasteiger partial charge in [-0.25, -0.2) is 4.79 Å². The fourth-order valence-corrected chi connectivity index (χ4v) is 2.46. The molecule has 0 bridgehead atoms. The van der Waals surface area contributed by atoms with Crippen LogP contribution >= 0.6 is 23.2 Å². The maximum absolute atomic E-state index is 12.3. The van der Waals surface area contributed by atoms with Crippen LogP contribution in [0.3, 0.4) is 0 Å². The van der Waals surface area contributed by atoms with Gasteiger partial charge in [0.15, 0.2) is 0 Å². The molecule has 0 aliphatic heterocycles. The first-order chi connectivity index (χ1) is 11.6. The fourth-order valence-electron chi connectivity index (χ4n) is 1.92. The number of ether oxygens (including phenoxy) is 1. The van der Waals surface area contributed by atoms with Crippen LogP contribution in [-0.4, -0.2) is 47.1 Å². The van der Waals surface area contributed by atoms with Crippen molar-refractivity contribution in [2.45, 2.75) is 38.5 Å². The number of benzene rings is 1. The highest BCUT2D eigenvalue weighted by Crippen LogP contribution is 2.26. The molecule has 0 heterocycles. The molecule has 2 amide bonds. The van der Waals surface area contributed by atoms with E-state index in [1.165, 1.54) is 6.07 Å². The third-order valence-electron chi connectivity index (χ3n) is 3.03. The van der Waals surface area contributed by atoms with Crippen molar-refractivity contribution >= 4 is 35.2 Å². The minimum absolute atomic E-state index is 0.271. The van der Waals surface area contributed by atoms with Crippen molar-refractivity contribution in [3.63, 3.8) is 0 Å². The third kappa shape index (κ3) is 7.07. The van der Waals surface area contributed by atoms with Crippen molar-refractivity contribution in [1.29, 1.82) is 0 Å². The Labute approximate surface area is 156 Å². The first-order valence-corrected chi connectivity index (χ1v) is 8.29. The molecule has 1 rings (SSSR count). The molecule has 2 atom stereocenters. The highest BCUT2D eigenvalue weighted by Gasteiger charge is 2.26. The van der Waals surface area contributed by atoms with Crippen LogP contribution in [0.5, 0.6) is 0 Å². The lowest BCUT2D eigenvalue weighted by Gasteiger charge is -2.24. The van der Waals surface area contributed by atoms with Crippen molar-refractivity contribution in [1.82, 2.24) is 10.6 Å². The number of carbonyl (C=O) groups is 2. The Bertz CT molecular complexity index is 619. The number of carbonyl (C=O) groups excluding carboxylic acids is 2. The summed E-state index contributed by atoms with van der Waals surface area (Å²) in [5.74, 6) is -0.696. The van der Waals surface area contributed by atoms with Crippen LogP contribution in [-0.2, 0) is 9.53 Å². The third-order valence-corrected chi connectivity index (χ3v) is 3.59. The van der Waals surface area contributed by atoms with Gasteiger partial charge in [-0.2, -0.15) is 0 Å². The number of amides is 2. The maximum atomic E-state index is 12.3. The van der Waals surface area contributed by atoms with Gasteiger partial charge in [-0.1, -0.05) is 29.3 Å². The Balaban J connectivity index is 2.80. The van der Waals surface area contributed by atoms with Crippen LogP contribution in [0.4, 0.5) is 4.79 Å². The smallest absolute Gasteiger partial charge is 0.408 e. The zero-order valence-corrected chi connectivity index (χ0v) is 15.7. The number of hydrogen-bond acceptors (Lipinski definition) is 5. The van der Waals surface area contributed by atoms with Gasteiger partial charge in [-0.05, 0) is 38.5 Å². The fraction of sp³-hybridized carbons (Fsp3) is 0.500. The molecule has 2 unspecified atom stereocenters. The van der Waals surface area contributed by atoms with E-state index in [4.69, 9.17) is 27.9 Å². The van der Waals surface area contributed by atoms with Crippen molar-refractivity contribution < 1.29 is 24.5 Å². The molecular weight excluding hydrogens is 371 g/mol. The largest absolute Gasteiger partial charge is 0.444 e. The van der Waals surface area contributed by atoms with Crippen LogP contribution in [0.15, 0.2) is 18.2 Å². The molecule has 0 radical (unpaired) electrons. The van der Waals surface area contributed by atoms with E-state index in [0.717, 1.165) is 0 Å². The van der Waals surface area contributed by atoms with E-state index in [1.807, 2.05) is 0 Å². The summed E-state index contributed by atoms with van der Waals surface area (Å²) >= 11 is 11.9. The Hall–Kier alpha value is -1.54. The van der Waals surface area contributed by atoms with E-state index in [2.05, 4.69) is 10.6 Å². The van der Waals surface area contributed by atoms with E-state index in [-0.39, 0.29) is 5.02 Å². The minimum Gasteiger partial charge on any atom is -0.444 e. The predicted octanol–water partition coefficient (Wildman–Crippen LogP) is 2.03. The summed E-state index contributed by atoms with van der Waals surface area (Å²) in [5, 5.41) is 24.4. The quantitative estimate of drug-likeness (QED) is 0.592. The highest BCUT2D eigenvalue weighted by atomic mass is 35.5. The van der Waals surface area contributed by atoms with Gasteiger partial charge >= 0.3 is 6.09 Å². The molecule has 9 heteroatoms. The van der Waals surface area contributed by atoms with Crippen LogP contribution in [0.25, 0.3) is 0 Å². The lowest BCUT2D eigenvalue weighted by Crippen LogP contribution is -2.51. The molecule has 1 aromatic rings. The average Bonchev–Trinajstić information content (AvgIpc) is 2.48. The van der Waals surface area contributed by atoms with Gasteiger partial charge in [0.2, 0.25) is 5.91 Å². The molecule has 0 aliphatic carbocycles. The van der Waals surface area contributed by atoms with Crippen LogP contribution in [0, 0.1) is 0 Å². The second-order valence-electron chi connectivity index (χ2n) is 6.29. The SMILES string of the molecule is CC(C)(C)OC(=O)NC(CO)C(=O)NC(CO)c1ccc(Cl)cc1Cl. The summed E-state index contributed by atoms with van der Waals surface area (Å²) < 4.78 is 5.04. The number of aliphatic hydroxyl groups is 2. The van der Waals surface area contributed by atoms with Gasteiger partial charge in [-0.15, -0.1) is 0 Å². The summed E-state index contributed by atoms with van der Waals surface area (Å²) in [6, 6.07) is 2.55. The molecule has 0 saturated carbocycles. The van der Waals surface area contributed by atoms with Gasteiger partial charge < -0.3 is 25.6 Å². The van der Waals surface area contributed by atoms with Gasteiger partial charge in [0.25, 0.3) is 0 Å². The lowest BCUT2D eigenvalue weighted by molar-refractivity contribution is -0.125. The molecule has 0 saturated heterocycles. The topological polar surface area (TPSA) is 108 Å². The second-order valence-corrected chi connectivity index (χ2v) is 7.13. The summed E-state index contributed by atoms with van der Waals surface area (Å²) in [6.45, 7) is 3.94. The molecule has 7 nitrogen and oxygen atoms in total. The summed E-state index contributed by atoms with van der Waals surface area (Å²) in [6.07, 6.45) is -0.841. The maximum Gasteiger partial charge on any atom is 0.408 e. The molecular formula is C16H22Cl2N2O5. The molecule has 0 fully saturated rings. The Morgan fingerprint density at radius 1 is 1.16 bits per heavy atom. The first kappa shape index (κ1) is 21.5. The molecule has 4 N–H and O–H groups in total. The monoisotopic (exact) mass is 392 g/mol. The Morgan fingerprint density at radius 2 is 1.80 bits per heavy atom. The Morgan fingerprint density at radius 3 is 2.28 bits per heavy atom. The number of aliphatic hydroxyl groups excluding tert-OH is 2.